The molecule has 0 atom stereocenters. The summed E-state index contributed by atoms with van der Waals surface area (Å²) in [7, 11) is 0. The second-order valence-corrected chi connectivity index (χ2v) is 5.08. The highest BCUT2D eigenvalue weighted by Crippen LogP contribution is 2.34. The molecule has 0 amide bonds. The van der Waals surface area contributed by atoms with Crippen LogP contribution < -0.4 is 4.74 Å². The van der Waals surface area contributed by atoms with Crippen molar-refractivity contribution in [1.82, 2.24) is 0 Å². The van der Waals surface area contributed by atoms with Crippen LogP contribution in [0.1, 0.15) is 10.4 Å². The first-order valence-electron chi connectivity index (χ1n) is 6.87. The average Bonchev–Trinajstić information content (AvgIpc) is 2.56. The van der Waals surface area contributed by atoms with Crippen LogP contribution >= 0.6 is 11.6 Å². The van der Waals surface area contributed by atoms with E-state index in [1.807, 2.05) is 60.7 Å². The molecule has 2 nitrogen and oxygen atoms in total. The Morgan fingerprint density at radius 3 is 2.05 bits per heavy atom. The largest absolute Gasteiger partial charge is 0.456 e. The summed E-state index contributed by atoms with van der Waals surface area (Å²) in [6.07, 6.45) is 0. The molecule has 0 unspecified atom stereocenters. The van der Waals surface area contributed by atoms with Crippen LogP contribution in [0, 0.1) is 0 Å². The molecule has 0 bridgehead atoms. The average molecular weight is 309 g/mol. The summed E-state index contributed by atoms with van der Waals surface area (Å²) >= 11 is 5.61. The zero-order chi connectivity index (χ0) is 15.4. The summed E-state index contributed by atoms with van der Waals surface area (Å²) in [5, 5.41) is -0.534. The smallest absolute Gasteiger partial charge is 0.256 e. The molecule has 0 aliphatic heterocycles. The quantitative estimate of drug-likeness (QED) is 0.593. The van der Waals surface area contributed by atoms with Crippen molar-refractivity contribution in [1.29, 1.82) is 0 Å². The number of carbonyl (C=O) groups is 1. The van der Waals surface area contributed by atoms with Gasteiger partial charge in [-0.3, -0.25) is 4.79 Å². The maximum absolute atomic E-state index is 11.5. The van der Waals surface area contributed by atoms with Crippen LogP contribution in [-0.2, 0) is 0 Å². The molecule has 3 rings (SSSR count). The molecule has 0 fully saturated rings. The number of hydrogen-bond acceptors (Lipinski definition) is 2. The van der Waals surface area contributed by atoms with Crippen LogP contribution in [0.2, 0.25) is 0 Å². The van der Waals surface area contributed by atoms with Gasteiger partial charge in [-0.2, -0.15) is 0 Å². The summed E-state index contributed by atoms with van der Waals surface area (Å²) in [5.41, 5.74) is 2.36. The van der Waals surface area contributed by atoms with Gasteiger partial charge in [0.05, 0.1) is 5.56 Å². The third kappa shape index (κ3) is 3.02. The van der Waals surface area contributed by atoms with Crippen molar-refractivity contribution < 1.29 is 9.53 Å². The van der Waals surface area contributed by atoms with E-state index in [0.717, 1.165) is 11.1 Å². The lowest BCUT2D eigenvalue weighted by Crippen LogP contribution is -1.95. The number of para-hydroxylation sites is 2. The Morgan fingerprint density at radius 2 is 1.32 bits per heavy atom. The minimum absolute atomic E-state index is 0.354. The van der Waals surface area contributed by atoms with Gasteiger partial charge in [0.25, 0.3) is 5.24 Å². The molecule has 3 aromatic carbocycles. The van der Waals surface area contributed by atoms with Gasteiger partial charge in [-0.15, -0.1) is 0 Å². The lowest BCUT2D eigenvalue weighted by molar-refractivity contribution is 0.107. The summed E-state index contributed by atoms with van der Waals surface area (Å²) in [6.45, 7) is 0. The summed E-state index contributed by atoms with van der Waals surface area (Å²) in [5.74, 6) is 1.13. The molecular formula is C19H13ClO2. The van der Waals surface area contributed by atoms with Gasteiger partial charge in [0.1, 0.15) is 11.5 Å². The minimum Gasteiger partial charge on any atom is -0.456 e. The van der Waals surface area contributed by atoms with E-state index in [-0.39, 0.29) is 0 Å². The number of benzene rings is 3. The van der Waals surface area contributed by atoms with Gasteiger partial charge in [0, 0.05) is 5.56 Å². The van der Waals surface area contributed by atoms with Crippen LogP contribution in [-0.4, -0.2) is 5.24 Å². The fourth-order valence-electron chi connectivity index (χ4n) is 2.25. The molecule has 0 saturated carbocycles. The summed E-state index contributed by atoms with van der Waals surface area (Å²) in [6, 6.07) is 24.6. The number of rotatable bonds is 4. The topological polar surface area (TPSA) is 26.3 Å². The highest BCUT2D eigenvalue weighted by molar-refractivity contribution is 6.68. The minimum atomic E-state index is -0.534. The van der Waals surface area contributed by atoms with E-state index in [0.29, 0.717) is 17.1 Å². The number of hydrogen-bond donors (Lipinski definition) is 0. The zero-order valence-corrected chi connectivity index (χ0v) is 12.5. The van der Waals surface area contributed by atoms with Gasteiger partial charge in [-0.25, -0.2) is 0 Å². The number of carbonyl (C=O) groups excluding carboxylic acids is 1. The first-order chi connectivity index (χ1) is 10.8. The Kier molecular flexibility index (Phi) is 4.22. The first kappa shape index (κ1) is 14.4. The Bertz CT molecular complexity index is 797. The van der Waals surface area contributed by atoms with Crippen molar-refractivity contribution in [2.45, 2.75) is 0 Å². The standard InChI is InChI=1S/C19H13ClO2/c20-19(21)16-11-5-7-13-18(16)22-17-12-6-4-10-15(17)14-8-2-1-3-9-14/h1-13H. The van der Waals surface area contributed by atoms with Gasteiger partial charge in [0.15, 0.2) is 0 Å². The van der Waals surface area contributed by atoms with Crippen LogP contribution in [0.25, 0.3) is 11.1 Å². The van der Waals surface area contributed by atoms with Gasteiger partial charge >= 0.3 is 0 Å². The molecule has 0 aromatic heterocycles. The van der Waals surface area contributed by atoms with Crippen molar-refractivity contribution in [2.75, 3.05) is 0 Å². The molecule has 3 aromatic rings. The number of halogens is 1. The highest BCUT2D eigenvalue weighted by Gasteiger charge is 2.12. The van der Waals surface area contributed by atoms with E-state index >= 15 is 0 Å². The fraction of sp³-hybridized carbons (Fsp3) is 0. The first-order valence-corrected chi connectivity index (χ1v) is 7.24. The third-order valence-electron chi connectivity index (χ3n) is 3.29. The van der Waals surface area contributed by atoms with Crippen LogP contribution in [0.4, 0.5) is 0 Å². The molecule has 0 aliphatic carbocycles. The Hall–Kier alpha value is -2.58. The van der Waals surface area contributed by atoms with E-state index in [1.165, 1.54) is 0 Å². The van der Waals surface area contributed by atoms with E-state index < -0.39 is 5.24 Å². The molecule has 3 heteroatoms. The lowest BCUT2D eigenvalue weighted by Gasteiger charge is -2.13. The van der Waals surface area contributed by atoms with Crippen LogP contribution in [0.3, 0.4) is 0 Å². The van der Waals surface area contributed by atoms with E-state index in [9.17, 15) is 4.79 Å². The van der Waals surface area contributed by atoms with Gasteiger partial charge in [-0.1, -0.05) is 60.7 Å². The van der Waals surface area contributed by atoms with Crippen molar-refractivity contribution >= 4 is 16.8 Å². The zero-order valence-electron chi connectivity index (χ0n) is 11.7. The molecular weight excluding hydrogens is 296 g/mol. The lowest BCUT2D eigenvalue weighted by atomic mass is 10.0. The summed E-state index contributed by atoms with van der Waals surface area (Å²) in [4.78, 5) is 11.5. The monoisotopic (exact) mass is 308 g/mol. The fourth-order valence-corrected chi connectivity index (χ4v) is 2.40. The Labute approximate surface area is 133 Å². The van der Waals surface area contributed by atoms with Gasteiger partial charge in [-0.05, 0) is 35.4 Å². The van der Waals surface area contributed by atoms with E-state index in [4.69, 9.17) is 16.3 Å². The predicted molar refractivity (Wildman–Crippen MR) is 88.6 cm³/mol. The SMILES string of the molecule is O=C(Cl)c1ccccc1Oc1ccccc1-c1ccccc1. The van der Waals surface area contributed by atoms with Crippen molar-refractivity contribution in [3.63, 3.8) is 0 Å². The van der Waals surface area contributed by atoms with Crippen LogP contribution in [0.5, 0.6) is 11.5 Å². The Balaban J connectivity index is 2.03. The van der Waals surface area contributed by atoms with Crippen LogP contribution in [0.15, 0.2) is 78.9 Å². The molecule has 0 saturated heterocycles. The van der Waals surface area contributed by atoms with Crippen molar-refractivity contribution in [2.24, 2.45) is 0 Å². The molecule has 0 aliphatic rings. The summed E-state index contributed by atoms with van der Waals surface area (Å²) < 4.78 is 5.95. The second kappa shape index (κ2) is 6.46. The molecule has 108 valence electrons. The number of ether oxygens (including phenoxy) is 1. The van der Waals surface area contributed by atoms with Crippen molar-refractivity contribution in [3.8, 4) is 22.6 Å². The van der Waals surface area contributed by atoms with E-state index in [2.05, 4.69) is 0 Å². The van der Waals surface area contributed by atoms with E-state index in [1.54, 1.807) is 18.2 Å². The highest BCUT2D eigenvalue weighted by atomic mass is 35.5. The maximum atomic E-state index is 11.5. The molecule has 0 heterocycles. The van der Waals surface area contributed by atoms with Crippen molar-refractivity contribution in [3.05, 3.63) is 84.4 Å². The maximum Gasteiger partial charge on any atom is 0.256 e. The van der Waals surface area contributed by atoms with Gasteiger partial charge in [0.2, 0.25) is 0 Å². The molecule has 22 heavy (non-hydrogen) atoms. The Morgan fingerprint density at radius 1 is 0.727 bits per heavy atom. The molecule has 0 N–H and O–H groups in total. The van der Waals surface area contributed by atoms with Gasteiger partial charge < -0.3 is 4.74 Å². The molecule has 0 radical (unpaired) electrons. The third-order valence-corrected chi connectivity index (χ3v) is 3.49. The molecule has 0 spiro atoms. The normalized spacial score (nSPS) is 10.2. The predicted octanol–water partition coefficient (Wildman–Crippen LogP) is 5.52. The second-order valence-electron chi connectivity index (χ2n) is 4.73.